The van der Waals surface area contributed by atoms with E-state index in [-0.39, 0.29) is 11.8 Å². The summed E-state index contributed by atoms with van der Waals surface area (Å²) < 4.78 is 5.49. The number of carbonyl (C=O) groups excluding carboxylic acids is 2. The first-order valence-electron chi connectivity index (χ1n) is 11.4. The third kappa shape index (κ3) is 8.73. The summed E-state index contributed by atoms with van der Waals surface area (Å²) in [5.74, 6) is 0.926. The van der Waals surface area contributed by atoms with Gasteiger partial charge in [0.25, 0.3) is 0 Å². The minimum Gasteiger partial charge on any atom is -0.444 e. The molecule has 0 aliphatic rings. The van der Waals surface area contributed by atoms with E-state index >= 15 is 0 Å². The van der Waals surface area contributed by atoms with Gasteiger partial charge < -0.3 is 15.0 Å². The molecule has 0 fully saturated rings. The molecule has 0 spiro atoms. The summed E-state index contributed by atoms with van der Waals surface area (Å²) in [6.45, 7) is 20.0. The van der Waals surface area contributed by atoms with E-state index in [1.807, 2.05) is 58.9 Å². The van der Waals surface area contributed by atoms with E-state index in [1.165, 1.54) is 0 Å². The van der Waals surface area contributed by atoms with Crippen molar-refractivity contribution >= 4 is 23.8 Å². The van der Waals surface area contributed by atoms with Crippen LogP contribution in [-0.2, 0) is 9.53 Å². The Morgan fingerprint density at radius 3 is 2.22 bits per heavy atom. The maximum atomic E-state index is 13.2. The van der Waals surface area contributed by atoms with Gasteiger partial charge in [-0.1, -0.05) is 45.6 Å². The van der Waals surface area contributed by atoms with Crippen LogP contribution in [0.1, 0.15) is 72.4 Å². The van der Waals surface area contributed by atoms with E-state index in [0.29, 0.717) is 12.2 Å². The third-order valence-corrected chi connectivity index (χ3v) is 6.16. The molecule has 0 aliphatic heterocycles. The summed E-state index contributed by atoms with van der Waals surface area (Å²) >= 11 is 1.79. The van der Waals surface area contributed by atoms with Crippen LogP contribution >= 0.6 is 11.8 Å². The zero-order valence-electron chi connectivity index (χ0n) is 20.6. The van der Waals surface area contributed by atoms with Gasteiger partial charge in [0.05, 0.1) is 6.04 Å². The van der Waals surface area contributed by atoms with Crippen LogP contribution in [0.5, 0.6) is 0 Å². The molecule has 0 heterocycles. The molecule has 5 nitrogen and oxygen atoms in total. The monoisotopic (exact) mass is 460 g/mol. The minimum atomic E-state index is -0.636. The maximum Gasteiger partial charge on any atom is 0.408 e. The molecule has 1 atom stereocenters. The minimum absolute atomic E-state index is 0.00832. The average molecular weight is 461 g/mol. The lowest BCUT2D eigenvalue weighted by Crippen LogP contribution is -2.42. The van der Waals surface area contributed by atoms with Crippen LogP contribution in [0.3, 0.4) is 0 Å². The Balaban J connectivity index is 3.29. The summed E-state index contributed by atoms with van der Waals surface area (Å²) in [6, 6.07) is 7.41. The number of nitrogens with zero attached hydrogens (tertiary/aromatic N) is 1. The van der Waals surface area contributed by atoms with Crippen LogP contribution in [0.4, 0.5) is 4.79 Å². The number of hydrogen-bond donors (Lipinski definition) is 1. The number of alkyl carbamates (subject to hydrolysis) is 1. The Labute approximate surface area is 198 Å². The summed E-state index contributed by atoms with van der Waals surface area (Å²) in [5.41, 5.74) is 0.706. The Hall–Kier alpha value is -2.21. The Morgan fingerprint density at radius 1 is 1.16 bits per heavy atom. The SMILES string of the molecule is C=CCN(C(=C)[C@H](NC(=O)OC(C)(C)C)c1ccc(SCCC)cc1)C(=O)C(CC)CC. The van der Waals surface area contributed by atoms with E-state index in [1.54, 1.807) is 22.7 Å². The molecule has 1 N–H and O–H groups in total. The molecule has 2 amide bonds. The number of nitrogens with one attached hydrogen (secondary N) is 1. The second-order valence-electron chi connectivity index (χ2n) is 8.74. The highest BCUT2D eigenvalue weighted by molar-refractivity contribution is 7.99. The zero-order valence-corrected chi connectivity index (χ0v) is 21.4. The third-order valence-electron chi connectivity index (χ3n) is 4.94. The lowest BCUT2D eigenvalue weighted by Gasteiger charge is -2.33. The molecule has 0 saturated heterocycles. The molecule has 1 aromatic rings. The molecule has 1 rings (SSSR count). The van der Waals surface area contributed by atoms with Crippen molar-refractivity contribution in [1.82, 2.24) is 10.2 Å². The van der Waals surface area contributed by atoms with Crippen molar-refractivity contribution in [2.45, 2.75) is 77.3 Å². The first-order chi connectivity index (χ1) is 15.1. The van der Waals surface area contributed by atoms with Gasteiger partial charge in [-0.3, -0.25) is 4.79 Å². The number of ether oxygens (including phenoxy) is 1. The molecule has 0 aliphatic carbocycles. The summed E-state index contributed by atoms with van der Waals surface area (Å²) in [7, 11) is 0. The van der Waals surface area contributed by atoms with Gasteiger partial charge in [0.2, 0.25) is 5.91 Å². The van der Waals surface area contributed by atoms with Crippen molar-refractivity contribution in [1.29, 1.82) is 0 Å². The van der Waals surface area contributed by atoms with Crippen LogP contribution in [0, 0.1) is 5.92 Å². The number of benzene rings is 1. The Kier molecular flexibility index (Phi) is 11.6. The molecule has 0 radical (unpaired) electrons. The highest BCUT2D eigenvalue weighted by atomic mass is 32.2. The second kappa shape index (κ2) is 13.4. The van der Waals surface area contributed by atoms with E-state index in [4.69, 9.17) is 4.74 Å². The Bertz CT molecular complexity index is 764. The van der Waals surface area contributed by atoms with Gasteiger partial charge in [-0.2, -0.15) is 0 Å². The fraction of sp³-hybridized carbons (Fsp3) is 0.538. The average Bonchev–Trinajstić information content (AvgIpc) is 2.74. The lowest BCUT2D eigenvalue weighted by molar-refractivity contribution is -0.133. The molecule has 6 heteroatoms. The predicted octanol–water partition coefficient (Wildman–Crippen LogP) is 6.72. The van der Waals surface area contributed by atoms with Crippen molar-refractivity contribution in [3.05, 3.63) is 54.8 Å². The van der Waals surface area contributed by atoms with Gasteiger partial charge in [-0.15, -0.1) is 18.3 Å². The highest BCUT2D eigenvalue weighted by Gasteiger charge is 2.30. The number of carbonyl (C=O) groups is 2. The largest absolute Gasteiger partial charge is 0.444 e. The van der Waals surface area contributed by atoms with Crippen LogP contribution in [0.2, 0.25) is 0 Å². The molecule has 0 unspecified atom stereocenters. The zero-order chi connectivity index (χ0) is 24.3. The van der Waals surface area contributed by atoms with Gasteiger partial charge in [0.15, 0.2) is 0 Å². The van der Waals surface area contributed by atoms with E-state index in [2.05, 4.69) is 25.4 Å². The van der Waals surface area contributed by atoms with E-state index in [9.17, 15) is 9.59 Å². The van der Waals surface area contributed by atoms with Crippen molar-refractivity contribution in [3.63, 3.8) is 0 Å². The molecule has 0 saturated carbocycles. The number of hydrogen-bond acceptors (Lipinski definition) is 4. The number of thioether (sulfide) groups is 1. The number of rotatable bonds is 12. The summed E-state index contributed by atoms with van der Waals surface area (Å²) in [4.78, 5) is 28.7. The molecule has 1 aromatic carbocycles. The quantitative estimate of drug-likeness (QED) is 0.278. The van der Waals surface area contributed by atoms with Crippen LogP contribution in [-0.4, -0.2) is 34.8 Å². The molecule has 0 aromatic heterocycles. The van der Waals surface area contributed by atoms with Crippen LogP contribution in [0.25, 0.3) is 0 Å². The van der Waals surface area contributed by atoms with Crippen molar-refractivity contribution in [2.24, 2.45) is 5.92 Å². The van der Waals surface area contributed by atoms with Crippen LogP contribution in [0.15, 0.2) is 54.1 Å². The normalized spacial score (nSPS) is 12.2. The second-order valence-corrected chi connectivity index (χ2v) is 9.91. The van der Waals surface area contributed by atoms with Gasteiger partial charge in [-0.05, 0) is 63.5 Å². The molecule has 32 heavy (non-hydrogen) atoms. The van der Waals surface area contributed by atoms with E-state index < -0.39 is 17.7 Å². The van der Waals surface area contributed by atoms with Crippen LogP contribution < -0.4 is 5.32 Å². The van der Waals surface area contributed by atoms with Gasteiger partial charge in [-0.25, -0.2) is 4.79 Å². The lowest BCUT2D eigenvalue weighted by atomic mass is 9.98. The summed E-state index contributed by atoms with van der Waals surface area (Å²) in [5, 5.41) is 2.93. The predicted molar refractivity (Wildman–Crippen MR) is 135 cm³/mol. The Morgan fingerprint density at radius 2 is 1.75 bits per heavy atom. The number of amides is 2. The maximum absolute atomic E-state index is 13.2. The smallest absolute Gasteiger partial charge is 0.408 e. The highest BCUT2D eigenvalue weighted by Crippen LogP contribution is 2.29. The van der Waals surface area contributed by atoms with E-state index in [0.717, 1.165) is 35.5 Å². The summed E-state index contributed by atoms with van der Waals surface area (Å²) in [6.07, 6.45) is 3.70. The van der Waals surface area contributed by atoms with Crippen molar-refractivity contribution in [2.75, 3.05) is 12.3 Å². The standard InChI is InChI=1S/C26H40N2O3S/c1-9-17-28(24(29)20(11-3)12-4)19(5)23(27-25(30)31-26(6,7)8)21-13-15-22(16-14-21)32-18-10-2/h9,13-16,20,23H,1,5,10-12,17-18H2,2-4,6-8H3,(H,27,30)/t23-/m0/s1. The van der Waals surface area contributed by atoms with Gasteiger partial charge in [0.1, 0.15) is 5.60 Å². The van der Waals surface area contributed by atoms with Gasteiger partial charge in [0, 0.05) is 23.1 Å². The first-order valence-corrected chi connectivity index (χ1v) is 12.4. The topological polar surface area (TPSA) is 58.6 Å². The molecular formula is C26H40N2O3S. The fourth-order valence-electron chi connectivity index (χ4n) is 3.25. The first kappa shape index (κ1) is 27.8. The van der Waals surface area contributed by atoms with Gasteiger partial charge >= 0.3 is 6.09 Å². The fourth-order valence-corrected chi connectivity index (χ4v) is 4.02. The van der Waals surface area contributed by atoms with Crippen molar-refractivity contribution < 1.29 is 14.3 Å². The molecule has 0 bridgehead atoms. The van der Waals surface area contributed by atoms with Crippen molar-refractivity contribution in [3.8, 4) is 0 Å². The molecule has 178 valence electrons. The molecular weight excluding hydrogens is 420 g/mol.